The van der Waals surface area contributed by atoms with Gasteiger partial charge in [-0.15, -0.1) is 0 Å². The number of aliphatic carboxylic acids is 2. The Hall–Kier alpha value is -6.46. The van der Waals surface area contributed by atoms with E-state index in [4.69, 9.17) is 38.9 Å². The quantitative estimate of drug-likeness (QED) is 0.125. The lowest BCUT2D eigenvalue weighted by Crippen LogP contribution is -2.29. The van der Waals surface area contributed by atoms with Gasteiger partial charge in [-0.3, -0.25) is 9.97 Å². The highest BCUT2D eigenvalue weighted by atomic mass is 32.1. The van der Waals surface area contributed by atoms with E-state index in [1.165, 1.54) is 0 Å². The van der Waals surface area contributed by atoms with Crippen LogP contribution in [-0.4, -0.2) is 86.1 Å². The first-order chi connectivity index (χ1) is 35.4. The van der Waals surface area contributed by atoms with Crippen LogP contribution in [0.1, 0.15) is 124 Å². The average Bonchev–Trinajstić information content (AvgIpc) is 4.22. The summed E-state index contributed by atoms with van der Waals surface area (Å²) >= 11 is 3.17. The molecule has 3 atom stereocenters. The molecule has 74 heavy (non-hydrogen) atoms. The first-order valence-corrected chi connectivity index (χ1v) is 27.4. The third-order valence-electron chi connectivity index (χ3n) is 14.8. The Morgan fingerprint density at radius 3 is 1.84 bits per heavy atom. The number of hydrogen-bond acceptors (Lipinski definition) is 14. The highest BCUT2D eigenvalue weighted by molar-refractivity contribution is 7.23. The molecule has 382 valence electrons. The lowest BCUT2D eigenvalue weighted by Gasteiger charge is -2.32. The fourth-order valence-electron chi connectivity index (χ4n) is 11.8. The van der Waals surface area contributed by atoms with E-state index in [1.54, 1.807) is 22.7 Å². The summed E-state index contributed by atoms with van der Waals surface area (Å²) in [7, 11) is 0. The van der Waals surface area contributed by atoms with E-state index in [2.05, 4.69) is 9.80 Å². The summed E-state index contributed by atoms with van der Waals surface area (Å²) in [5, 5.41) is 25.8. The molecule has 4 aliphatic rings. The van der Waals surface area contributed by atoms with Crippen LogP contribution in [-0.2, 0) is 31.9 Å². The van der Waals surface area contributed by atoms with Crippen LogP contribution >= 0.6 is 22.7 Å². The maximum atomic E-state index is 13.9. The fraction of sp³-hybridized carbons (Fsp3) is 0.414. The molecule has 0 radical (unpaired) electrons. The van der Waals surface area contributed by atoms with Gasteiger partial charge in [0.2, 0.25) is 0 Å². The van der Waals surface area contributed by atoms with Gasteiger partial charge in [0.15, 0.2) is 22.5 Å². The first kappa shape index (κ1) is 48.5. The van der Waals surface area contributed by atoms with Gasteiger partial charge in [0.1, 0.15) is 17.6 Å². The summed E-state index contributed by atoms with van der Waals surface area (Å²) in [5.74, 6) is -0.815. The lowest BCUT2D eigenvalue weighted by molar-refractivity contribution is -0.161. The lowest BCUT2D eigenvalue weighted by atomic mass is 9.83. The third kappa shape index (κ3) is 8.28. The molecular formula is C58H60N6O8S2. The van der Waals surface area contributed by atoms with E-state index < -0.39 is 41.5 Å². The molecule has 0 saturated carbocycles. The molecule has 1 unspecified atom stereocenters. The maximum absolute atomic E-state index is 13.9. The number of hydrogen-bond donors (Lipinski definition) is 2. The molecular weight excluding hydrogens is 973 g/mol. The second-order valence-electron chi connectivity index (χ2n) is 22.1. The van der Waals surface area contributed by atoms with Crippen LogP contribution < -0.4 is 19.3 Å². The summed E-state index contributed by atoms with van der Waals surface area (Å²) in [6, 6.07) is 14.0. The molecule has 16 heteroatoms. The Balaban J connectivity index is 1.08. The topological polar surface area (TPSA) is 170 Å². The van der Waals surface area contributed by atoms with Crippen LogP contribution in [0.15, 0.2) is 54.9 Å². The van der Waals surface area contributed by atoms with Crippen LogP contribution in [0.4, 0.5) is 10.3 Å². The van der Waals surface area contributed by atoms with Gasteiger partial charge in [-0.1, -0.05) is 22.7 Å². The molecule has 4 aromatic carbocycles. The predicted molar refractivity (Wildman–Crippen MR) is 292 cm³/mol. The van der Waals surface area contributed by atoms with Gasteiger partial charge in [0.25, 0.3) is 0 Å². The Morgan fingerprint density at radius 1 is 0.689 bits per heavy atom. The van der Waals surface area contributed by atoms with Crippen LogP contribution in [0.5, 0.6) is 11.5 Å². The standard InChI is InChI=1S/C58H60N6O8S2/c1-29-27-35-51(73-55(61-35)63-22-9-10-23-63)44(39(29)49(53(65)66)71-57(3,4)5)33-14-16-37-43-32(18-21-60-47(33)43)28-38(70-37)40-30(2)41(50(54(67)68)72-58(6,7)8)45(52-48(40)62-56(74-52)64-24-11-12-25-64)34-13-15-36-42-31(19-26-69-36)17-20-59-46(34)42/h13-18,20-21,27,38,49-50H,9-12,19,22-26,28H2,1-8H3,(H,65,66)(H,67,68)/t38?,49-,50-/m0/s1. The van der Waals surface area contributed by atoms with Crippen molar-refractivity contribution >= 4 is 87.1 Å². The number of thiazole rings is 2. The van der Waals surface area contributed by atoms with Crippen LogP contribution in [0.25, 0.3) is 64.5 Å². The SMILES string of the molecule is Cc1cc2nc(N3CCCC3)sc2c(-c2ccc3c4c(ccnc24)CC(c2c(C)c([C@H](OC(C)(C)C)C(=O)O)c(-c4ccc5c6c(ccnc46)CCO5)c4sc(N5CCCC5)nc24)O3)c1[C@H](OC(C)(C)C)C(=O)O. The number of aromatic nitrogens is 4. The smallest absolute Gasteiger partial charge is 0.337 e. The van der Waals surface area contributed by atoms with Gasteiger partial charge in [-0.25, -0.2) is 19.6 Å². The summed E-state index contributed by atoms with van der Waals surface area (Å²) in [6.07, 6.45) is 5.86. The van der Waals surface area contributed by atoms with Crippen LogP contribution in [0.2, 0.25) is 0 Å². The minimum atomic E-state index is -1.37. The molecule has 2 saturated heterocycles. The average molecular weight is 1030 g/mol. The number of anilines is 2. The monoisotopic (exact) mass is 1030 g/mol. The summed E-state index contributed by atoms with van der Waals surface area (Å²) < 4.78 is 28.3. The van der Waals surface area contributed by atoms with Crippen LogP contribution in [0.3, 0.4) is 0 Å². The number of carboxylic acid groups (broad SMARTS) is 2. The number of carboxylic acids is 2. The highest BCUT2D eigenvalue weighted by Crippen LogP contribution is 2.54. The van der Waals surface area contributed by atoms with Gasteiger partial charge in [0, 0.05) is 101 Å². The van der Waals surface area contributed by atoms with E-state index in [1.807, 2.05) is 110 Å². The van der Waals surface area contributed by atoms with Crippen molar-refractivity contribution in [3.63, 3.8) is 0 Å². The molecule has 2 N–H and O–H groups in total. The number of fused-ring (bicyclic) bond motifs is 2. The predicted octanol–water partition coefficient (Wildman–Crippen LogP) is 12.6. The zero-order chi connectivity index (χ0) is 51.5. The molecule has 0 amide bonds. The number of carbonyl (C=O) groups is 2. The van der Waals surface area contributed by atoms with Crippen molar-refractivity contribution in [2.45, 2.75) is 123 Å². The Kier molecular flexibility index (Phi) is 11.9. The largest absolute Gasteiger partial charge is 0.493 e. The number of aryl methyl sites for hydroxylation is 1. The molecule has 8 aromatic rings. The first-order valence-electron chi connectivity index (χ1n) is 25.8. The summed E-state index contributed by atoms with van der Waals surface area (Å²) in [5.41, 5.74) is 9.91. The Labute approximate surface area is 437 Å². The molecule has 0 aliphatic carbocycles. The van der Waals surface area contributed by atoms with Crippen molar-refractivity contribution in [3.8, 4) is 33.8 Å². The van der Waals surface area contributed by atoms with Gasteiger partial charge < -0.3 is 39.0 Å². The van der Waals surface area contributed by atoms with Crippen molar-refractivity contribution in [1.29, 1.82) is 0 Å². The second kappa shape index (κ2) is 18.1. The minimum absolute atomic E-state index is 0.416. The Morgan fingerprint density at radius 2 is 1.23 bits per heavy atom. The van der Waals surface area contributed by atoms with Gasteiger partial charge >= 0.3 is 11.9 Å². The molecule has 12 rings (SSSR count). The molecule has 4 aliphatic heterocycles. The van der Waals surface area contributed by atoms with E-state index in [0.717, 1.165) is 161 Å². The number of ether oxygens (including phenoxy) is 4. The molecule has 8 heterocycles. The Bertz CT molecular complexity index is 3600. The van der Waals surface area contributed by atoms with Crippen molar-refractivity contribution in [1.82, 2.24) is 19.9 Å². The van der Waals surface area contributed by atoms with Gasteiger partial charge in [-0.05, 0) is 146 Å². The van der Waals surface area contributed by atoms with Gasteiger partial charge in [0.05, 0.1) is 49.3 Å². The fourth-order valence-corrected chi connectivity index (χ4v) is 14.2. The number of benzene rings is 4. The number of rotatable bonds is 11. The van der Waals surface area contributed by atoms with Crippen molar-refractivity contribution in [2.24, 2.45) is 0 Å². The van der Waals surface area contributed by atoms with E-state index in [9.17, 15) is 19.8 Å². The zero-order valence-electron chi connectivity index (χ0n) is 43.1. The normalized spacial score (nSPS) is 17.6. The summed E-state index contributed by atoms with van der Waals surface area (Å²) in [4.78, 5) is 52.7. The molecule has 0 spiro atoms. The zero-order valence-corrected chi connectivity index (χ0v) is 44.7. The van der Waals surface area contributed by atoms with Crippen molar-refractivity contribution in [3.05, 3.63) is 93.8 Å². The van der Waals surface area contributed by atoms with Crippen molar-refractivity contribution < 1.29 is 38.7 Å². The molecule has 4 aromatic heterocycles. The van der Waals surface area contributed by atoms with E-state index >= 15 is 0 Å². The number of pyridine rings is 2. The second-order valence-corrected chi connectivity index (χ2v) is 24.1. The molecule has 2 fully saturated rings. The van der Waals surface area contributed by atoms with Crippen molar-refractivity contribution in [2.75, 3.05) is 42.6 Å². The van der Waals surface area contributed by atoms with E-state index in [0.29, 0.717) is 35.4 Å². The number of nitrogens with zero attached hydrogens (tertiary/aromatic N) is 6. The maximum Gasteiger partial charge on any atom is 0.337 e. The highest BCUT2D eigenvalue weighted by Gasteiger charge is 2.40. The van der Waals surface area contributed by atoms with Gasteiger partial charge in [-0.2, -0.15) is 0 Å². The third-order valence-corrected chi connectivity index (χ3v) is 17.1. The minimum Gasteiger partial charge on any atom is -0.493 e. The van der Waals surface area contributed by atoms with E-state index in [-0.39, 0.29) is 0 Å². The molecule has 14 nitrogen and oxygen atoms in total. The van der Waals surface area contributed by atoms with Crippen LogP contribution in [0, 0.1) is 13.8 Å². The summed E-state index contributed by atoms with van der Waals surface area (Å²) in [6.45, 7) is 19.3. The molecule has 0 bridgehead atoms.